The molecule has 130 heavy (non-hydrogen) atoms. The van der Waals surface area contributed by atoms with Crippen LogP contribution >= 0.6 is 0 Å². The Balaban J connectivity index is 0.000000315. The Labute approximate surface area is 836 Å². The minimum Gasteiger partial charge on any atom is -0.512 e. The summed E-state index contributed by atoms with van der Waals surface area (Å²) in [6, 6.07) is 112. The molecule has 17 aromatic rings. The molecule has 0 fully saturated rings. The molecule has 0 saturated heterocycles. The number of halogens is 6. The molecule has 10 aromatic carbocycles. The number of nitrogens with zero attached hydrogens (tertiary/aromatic N) is 9. The number of phenolic OH excluding ortho intramolecular Hbond substituents is 1. The number of aliphatic hydroxyl groups is 2. The van der Waals surface area contributed by atoms with Crippen molar-refractivity contribution in [3.05, 3.63) is 459 Å². The zero-order valence-electron chi connectivity index (χ0n) is 70.4. The first-order chi connectivity index (χ1) is 60.1. The molecule has 7 aromatic heterocycles. The zero-order chi connectivity index (χ0) is 88.0. The van der Waals surface area contributed by atoms with Gasteiger partial charge in [-0.05, 0) is 133 Å². The molecule has 17 rings (SSSR count). The number of aliphatic hydroxyl groups excluding tert-OH is 2. The number of rotatable bonds is 14. The number of carbonyl (C=O) groups is 1. The van der Waals surface area contributed by atoms with Crippen molar-refractivity contribution in [2.75, 3.05) is 23.9 Å². The summed E-state index contributed by atoms with van der Waals surface area (Å²) in [6.45, 7) is 6.65. The Kier molecular flexibility index (Phi) is 50.1. The Morgan fingerprint density at radius 1 is 0.369 bits per heavy atom. The van der Waals surface area contributed by atoms with Gasteiger partial charge in [-0.2, -0.15) is 0 Å². The summed E-state index contributed by atoms with van der Waals surface area (Å²) < 4.78 is 78.0. The van der Waals surface area contributed by atoms with Gasteiger partial charge in [0.15, 0.2) is 5.78 Å². The van der Waals surface area contributed by atoms with Gasteiger partial charge in [0.25, 0.3) is 0 Å². The predicted octanol–water partition coefficient (Wildman–Crippen LogP) is 24.9. The molecule has 0 saturated carbocycles. The van der Waals surface area contributed by atoms with E-state index in [1.807, 2.05) is 226 Å². The zero-order valence-corrected chi connectivity index (χ0v) is 84.6. The fourth-order valence-corrected chi connectivity index (χ4v) is 11.6. The van der Waals surface area contributed by atoms with Crippen LogP contribution in [0.4, 0.5) is 49.1 Å². The number of ketones is 1. The number of hydrogen-bond donors (Lipinski definition) is 3. The number of aryl methyl sites for hydroxylation is 2. The first-order valence-corrected chi connectivity index (χ1v) is 38.7. The van der Waals surface area contributed by atoms with E-state index in [1.165, 1.54) is 62.0 Å². The topological polar surface area (TPSA) is 174 Å². The molecule has 0 amide bonds. The third-order valence-corrected chi connectivity index (χ3v) is 17.5. The Bertz CT molecular complexity index is 6140. The summed E-state index contributed by atoms with van der Waals surface area (Å²) in [4.78, 5) is 43.7. The first-order valence-electron chi connectivity index (χ1n) is 38.7. The SMILES string of the molecule is CC(=O)C=C(C)O.CN(C)c1ccnc(-c2[c-]cc(F)cc2)c1.Cc1cc[c-]c(-c2ccccn2)c1.Cc1ccnc(-c2[c-]cc(F)cc2F)c1.Fc1c[c-]c(-c2cc(N(c3ccccc3)c3ccccc3)ccn2)cc1.OCc1ccnc(-c2[c-]cc(F)cc2F)c1.Oc1ccccc1-c1ccccc1.[Ir].[Ir].[Ir].[Ir].[Ir].[Pt].[c-]1c(-c2ccccn2)cccc1-c1ccccn1. The predicted molar refractivity (Wildman–Crippen MR) is 479 cm³/mol. The van der Waals surface area contributed by atoms with Crippen molar-refractivity contribution in [3.63, 3.8) is 0 Å². The second kappa shape index (κ2) is 58.8. The van der Waals surface area contributed by atoms with Gasteiger partial charge in [0.2, 0.25) is 0 Å². The van der Waals surface area contributed by atoms with Crippen LogP contribution in [0.5, 0.6) is 5.75 Å². The second-order valence-electron chi connectivity index (χ2n) is 27.2. The summed E-state index contributed by atoms with van der Waals surface area (Å²) in [5.74, 6) is -3.01. The minimum atomic E-state index is -0.720. The summed E-state index contributed by atoms with van der Waals surface area (Å²) in [6.07, 6.45) is 13.1. The van der Waals surface area contributed by atoms with E-state index in [0.29, 0.717) is 22.7 Å². The number of pyridine rings is 7. The molecular weight excluding hydrogens is 2720 g/mol. The molecule has 0 atom stereocenters. The molecule has 0 unspecified atom stereocenters. The number of para-hydroxylation sites is 3. The Morgan fingerprint density at radius 3 is 1.21 bits per heavy atom. The van der Waals surface area contributed by atoms with Gasteiger partial charge in [0, 0.05) is 260 Å². The number of hydrogen-bond acceptors (Lipinski definition) is 13. The standard InChI is InChI=1S/C23H16FN2.C16H11N2.C13H12FN2.C12H8F2NO.C12H8F2N.C12H10N.C12H10O.C5H8O2.5Ir.Pt/c24-19-13-11-18(12-14-19)23-17-22(15-16-25-23)26(20-7-3-1-4-8-20)21-9-5-2-6-10-21;1-3-10-17-15(8-1)13-6-5-7-14(12-13)16-9-2-4-11-18-16;1-16(2)12-7-8-15-13(9-12)10-3-5-11(14)6-4-10;13-9-1-2-10(11(14)6-9)12-5-8(7-16)3-4-15-12;1-8-4-5-15-12(6-8)10-3-2-9(13)7-11(10)14;1-10-5-4-6-11(9-10)12-7-2-3-8-13-12;13-12-9-5-4-8-11(12)10-6-2-1-3-7-10;1-4(6)3-5(2)7;;;;;;/h1-11,13-17H;1-11H;3,5-9H,1-2H3;1,3-6,16H,7H2;2,4-7H,1H3;2-5,7-9H,1H3;1-9,13H;3,6H,1-2H3;;;;;;/q6*-1;;;;;;;;. The van der Waals surface area contributed by atoms with Crippen LogP contribution in [-0.2, 0) is 133 Å². The van der Waals surface area contributed by atoms with Crippen molar-refractivity contribution in [1.82, 2.24) is 34.9 Å². The average Bonchev–Trinajstić information content (AvgIpc) is 0.801. The molecule has 0 aliphatic heterocycles. The molecular formula is C105H83F6Ir5N9O4Pt-6. The fraction of sp³-hybridized carbons (Fsp3) is 0.0667. The maximum absolute atomic E-state index is 13.4. The van der Waals surface area contributed by atoms with Crippen LogP contribution in [0, 0.1) is 85.1 Å². The number of allylic oxidation sites excluding steroid dienone is 2. The van der Waals surface area contributed by atoms with Gasteiger partial charge in [-0.1, -0.05) is 192 Å². The van der Waals surface area contributed by atoms with E-state index in [1.54, 1.807) is 67.5 Å². The quantitative estimate of drug-likeness (QED) is 0.0406. The van der Waals surface area contributed by atoms with Gasteiger partial charge in [0.05, 0.1) is 12.4 Å². The molecule has 0 bridgehead atoms. The van der Waals surface area contributed by atoms with Gasteiger partial charge >= 0.3 is 0 Å². The molecule has 3 N–H and O–H groups in total. The van der Waals surface area contributed by atoms with Crippen LogP contribution in [0.1, 0.15) is 30.5 Å². The molecule has 5 radical (unpaired) electrons. The molecule has 7 heterocycles. The van der Waals surface area contributed by atoms with Crippen molar-refractivity contribution in [2.24, 2.45) is 0 Å². The van der Waals surface area contributed by atoms with Gasteiger partial charge in [-0.25, -0.2) is 0 Å². The van der Waals surface area contributed by atoms with Crippen molar-refractivity contribution in [1.29, 1.82) is 0 Å². The molecule has 675 valence electrons. The molecule has 25 heteroatoms. The van der Waals surface area contributed by atoms with E-state index in [4.69, 9.17) is 10.2 Å². The summed E-state index contributed by atoms with van der Waals surface area (Å²) in [5.41, 5.74) is 18.9. The first kappa shape index (κ1) is 111. The number of benzene rings is 10. The van der Waals surface area contributed by atoms with E-state index in [9.17, 15) is 36.2 Å². The number of anilines is 4. The normalized spacial score (nSPS) is 9.84. The smallest absolute Gasteiger partial charge is 0.155 e. The van der Waals surface area contributed by atoms with Crippen LogP contribution in [0.3, 0.4) is 0 Å². The summed E-state index contributed by atoms with van der Waals surface area (Å²) in [5, 5.41) is 26.9. The number of aromatic nitrogens is 7. The van der Waals surface area contributed by atoms with Gasteiger partial charge in [-0.15, -0.1) is 144 Å². The Hall–Kier alpha value is -11.7. The monoisotopic (exact) mass is 2810 g/mol. The summed E-state index contributed by atoms with van der Waals surface area (Å²) >= 11 is 0. The second-order valence-corrected chi connectivity index (χ2v) is 27.2. The fourth-order valence-electron chi connectivity index (χ4n) is 11.6. The molecule has 0 aliphatic carbocycles. The van der Waals surface area contributed by atoms with E-state index < -0.39 is 23.3 Å². The molecule has 0 aliphatic rings. The van der Waals surface area contributed by atoms with Crippen molar-refractivity contribution < 1.29 is 168 Å². The number of carbonyl (C=O) groups excluding carboxylic acids is 1. The minimum absolute atomic E-state index is 0. The van der Waals surface area contributed by atoms with E-state index in [-0.39, 0.29) is 163 Å². The van der Waals surface area contributed by atoms with Crippen LogP contribution in [0.15, 0.2) is 371 Å². The molecule has 13 nitrogen and oxygen atoms in total. The average molecular weight is 2810 g/mol. The van der Waals surface area contributed by atoms with Gasteiger partial charge < -0.3 is 50.0 Å². The third kappa shape index (κ3) is 36.0. The largest absolute Gasteiger partial charge is 0.512 e. The maximum Gasteiger partial charge on any atom is 0.155 e. The number of phenols is 1. The maximum atomic E-state index is 13.4. The van der Waals surface area contributed by atoms with Crippen LogP contribution in [0.2, 0.25) is 0 Å². The van der Waals surface area contributed by atoms with E-state index in [0.717, 1.165) is 120 Å². The van der Waals surface area contributed by atoms with E-state index >= 15 is 0 Å². The third-order valence-electron chi connectivity index (χ3n) is 17.5. The van der Waals surface area contributed by atoms with Gasteiger partial charge in [-0.3, -0.25) is 41.1 Å². The van der Waals surface area contributed by atoms with Crippen molar-refractivity contribution >= 4 is 28.5 Å². The van der Waals surface area contributed by atoms with Crippen molar-refractivity contribution in [2.45, 2.75) is 34.3 Å². The van der Waals surface area contributed by atoms with Crippen molar-refractivity contribution in [3.8, 4) is 95.7 Å². The van der Waals surface area contributed by atoms with E-state index in [2.05, 4.69) is 113 Å². The molecule has 0 spiro atoms. The van der Waals surface area contributed by atoms with Crippen LogP contribution < -0.4 is 9.80 Å². The van der Waals surface area contributed by atoms with Crippen LogP contribution in [-0.4, -0.2) is 70.1 Å². The summed E-state index contributed by atoms with van der Waals surface area (Å²) in [7, 11) is 3.93. The number of aromatic hydroxyl groups is 1. The van der Waals surface area contributed by atoms with Gasteiger partial charge in [0.1, 0.15) is 5.75 Å². The Morgan fingerprint density at radius 2 is 0.785 bits per heavy atom. The van der Waals surface area contributed by atoms with Crippen LogP contribution in [0.25, 0.3) is 89.9 Å².